The van der Waals surface area contributed by atoms with Crippen molar-refractivity contribution in [3.8, 4) is 0 Å². The van der Waals surface area contributed by atoms with Crippen LogP contribution in [0.25, 0.3) is 0 Å². The molecule has 5 nitrogen and oxygen atoms in total. The minimum atomic E-state index is -3.68. The Morgan fingerprint density at radius 3 is 2.44 bits per heavy atom. The lowest BCUT2D eigenvalue weighted by molar-refractivity contribution is -0.119. The normalized spacial score (nSPS) is 11.2. The lowest BCUT2D eigenvalue weighted by Gasteiger charge is -2.23. The van der Waals surface area contributed by atoms with E-state index in [1.54, 1.807) is 31.2 Å². The van der Waals surface area contributed by atoms with Gasteiger partial charge < -0.3 is 5.32 Å². The zero-order chi connectivity index (χ0) is 18.6. The van der Waals surface area contributed by atoms with Crippen LogP contribution in [0.2, 0.25) is 5.02 Å². The van der Waals surface area contributed by atoms with Gasteiger partial charge >= 0.3 is 0 Å². The van der Waals surface area contributed by atoms with Gasteiger partial charge in [-0.3, -0.25) is 9.10 Å². The van der Waals surface area contributed by atoms with Gasteiger partial charge in [-0.15, -0.1) is 0 Å². The molecule has 0 aliphatic rings. The van der Waals surface area contributed by atoms with Crippen molar-refractivity contribution >= 4 is 33.2 Å². The fraction of sp³-hybridized carbons (Fsp3) is 0.235. The fourth-order valence-electron chi connectivity index (χ4n) is 2.22. The summed E-state index contributed by atoms with van der Waals surface area (Å²) in [4.78, 5) is 12.2. The van der Waals surface area contributed by atoms with Gasteiger partial charge in [-0.25, -0.2) is 12.8 Å². The molecule has 0 aliphatic carbocycles. The fourth-order valence-corrected chi connectivity index (χ4v) is 3.29. The second-order valence-corrected chi connectivity index (χ2v) is 7.95. The number of sulfonamides is 1. The molecule has 0 aromatic heterocycles. The van der Waals surface area contributed by atoms with Crippen LogP contribution in [0.5, 0.6) is 0 Å². The van der Waals surface area contributed by atoms with Gasteiger partial charge in [0, 0.05) is 11.6 Å². The second-order valence-electron chi connectivity index (χ2n) is 5.60. The first-order valence-corrected chi connectivity index (χ1v) is 9.64. The molecule has 25 heavy (non-hydrogen) atoms. The van der Waals surface area contributed by atoms with Crippen LogP contribution < -0.4 is 9.62 Å². The molecule has 0 aliphatic heterocycles. The highest BCUT2D eigenvalue weighted by Crippen LogP contribution is 2.26. The SMILES string of the molecule is Cc1ccc(Cl)cc1N(CC(=O)NCc1ccc(F)cc1)S(C)(=O)=O. The number of nitrogens with zero attached hydrogens (tertiary/aromatic N) is 1. The zero-order valence-electron chi connectivity index (χ0n) is 13.8. The van der Waals surface area contributed by atoms with Crippen molar-refractivity contribution in [3.63, 3.8) is 0 Å². The summed E-state index contributed by atoms with van der Waals surface area (Å²) in [5.41, 5.74) is 1.74. The van der Waals surface area contributed by atoms with Crippen molar-refractivity contribution in [1.82, 2.24) is 5.32 Å². The molecule has 134 valence electrons. The quantitative estimate of drug-likeness (QED) is 0.832. The summed E-state index contributed by atoms with van der Waals surface area (Å²) in [6, 6.07) is 10.5. The van der Waals surface area contributed by atoms with Crippen molar-refractivity contribution < 1.29 is 17.6 Å². The highest BCUT2D eigenvalue weighted by atomic mass is 35.5. The maximum Gasteiger partial charge on any atom is 0.241 e. The third kappa shape index (κ3) is 5.44. The number of hydrogen-bond donors (Lipinski definition) is 1. The molecule has 0 unspecified atom stereocenters. The third-order valence-electron chi connectivity index (χ3n) is 3.53. The Bertz CT molecular complexity index is 870. The molecule has 0 fully saturated rings. The predicted octanol–water partition coefficient (Wildman–Crippen LogP) is 2.87. The average molecular weight is 385 g/mol. The van der Waals surface area contributed by atoms with Crippen molar-refractivity contribution in [2.45, 2.75) is 13.5 Å². The molecular weight excluding hydrogens is 367 g/mol. The molecule has 2 aromatic carbocycles. The number of nitrogens with one attached hydrogen (secondary N) is 1. The Hall–Kier alpha value is -2.12. The molecule has 0 spiro atoms. The van der Waals surface area contributed by atoms with Gasteiger partial charge in [0.1, 0.15) is 12.4 Å². The van der Waals surface area contributed by atoms with Crippen molar-refractivity contribution in [1.29, 1.82) is 0 Å². The molecule has 0 saturated carbocycles. The number of aryl methyl sites for hydroxylation is 1. The number of hydrogen-bond acceptors (Lipinski definition) is 3. The Labute approximate surface area is 151 Å². The van der Waals surface area contributed by atoms with E-state index in [1.807, 2.05) is 0 Å². The topological polar surface area (TPSA) is 66.5 Å². The van der Waals surface area contributed by atoms with Crippen molar-refractivity contribution in [3.05, 3.63) is 64.4 Å². The average Bonchev–Trinajstić information content (AvgIpc) is 2.53. The lowest BCUT2D eigenvalue weighted by atomic mass is 10.2. The van der Waals surface area contributed by atoms with E-state index in [4.69, 9.17) is 11.6 Å². The van der Waals surface area contributed by atoms with E-state index in [2.05, 4.69) is 5.32 Å². The van der Waals surface area contributed by atoms with E-state index in [0.29, 0.717) is 21.8 Å². The predicted molar refractivity (Wildman–Crippen MR) is 96.6 cm³/mol. The molecule has 2 rings (SSSR count). The number of rotatable bonds is 6. The van der Waals surface area contributed by atoms with Crippen LogP contribution in [0.4, 0.5) is 10.1 Å². The standard InChI is InChI=1S/C17H18ClFN2O3S/c1-12-3-6-14(18)9-16(12)21(25(2,23)24)11-17(22)20-10-13-4-7-15(19)8-5-13/h3-9H,10-11H2,1-2H3,(H,20,22). The van der Waals surface area contributed by atoms with Crippen LogP contribution >= 0.6 is 11.6 Å². The minimum Gasteiger partial charge on any atom is -0.350 e. The van der Waals surface area contributed by atoms with Crippen LogP contribution in [0.15, 0.2) is 42.5 Å². The van der Waals surface area contributed by atoms with Crippen LogP contribution in [0, 0.1) is 12.7 Å². The summed E-state index contributed by atoms with van der Waals surface area (Å²) in [7, 11) is -3.68. The van der Waals surface area contributed by atoms with Gasteiger partial charge in [-0.1, -0.05) is 29.8 Å². The van der Waals surface area contributed by atoms with Crippen LogP contribution in [-0.2, 0) is 21.4 Å². The first kappa shape index (κ1) is 19.2. The van der Waals surface area contributed by atoms with Crippen LogP contribution in [-0.4, -0.2) is 27.1 Å². The molecule has 2 aromatic rings. The summed E-state index contributed by atoms with van der Waals surface area (Å²) in [5, 5.41) is 3.00. The van der Waals surface area contributed by atoms with Gasteiger partial charge in [0.15, 0.2) is 0 Å². The molecule has 0 atom stereocenters. The van der Waals surface area contributed by atoms with Gasteiger partial charge in [0.25, 0.3) is 0 Å². The van der Waals surface area contributed by atoms with E-state index in [9.17, 15) is 17.6 Å². The molecule has 0 bridgehead atoms. The summed E-state index contributed by atoms with van der Waals surface area (Å²) >= 11 is 5.95. The maximum atomic E-state index is 12.9. The van der Waals surface area contributed by atoms with Crippen LogP contribution in [0.1, 0.15) is 11.1 Å². The van der Waals surface area contributed by atoms with E-state index in [1.165, 1.54) is 18.2 Å². The Balaban J connectivity index is 2.13. The number of carbonyl (C=O) groups is 1. The highest BCUT2D eigenvalue weighted by molar-refractivity contribution is 7.92. The van der Waals surface area contributed by atoms with E-state index >= 15 is 0 Å². The number of halogens is 2. The molecule has 0 heterocycles. The Morgan fingerprint density at radius 2 is 1.84 bits per heavy atom. The van der Waals surface area contributed by atoms with E-state index in [-0.39, 0.29) is 18.9 Å². The Morgan fingerprint density at radius 1 is 1.20 bits per heavy atom. The Kier molecular flexibility index (Phi) is 6.02. The summed E-state index contributed by atoms with van der Waals surface area (Å²) in [5.74, 6) is -0.844. The number of amides is 1. The molecule has 1 N–H and O–H groups in total. The second kappa shape index (κ2) is 7.84. The largest absolute Gasteiger partial charge is 0.350 e. The van der Waals surface area contributed by atoms with Crippen molar-refractivity contribution in [2.24, 2.45) is 0 Å². The smallest absolute Gasteiger partial charge is 0.241 e. The number of benzene rings is 2. The monoisotopic (exact) mass is 384 g/mol. The highest BCUT2D eigenvalue weighted by Gasteiger charge is 2.22. The zero-order valence-corrected chi connectivity index (χ0v) is 15.4. The number of anilines is 1. The van der Waals surface area contributed by atoms with Crippen LogP contribution in [0.3, 0.4) is 0 Å². The minimum absolute atomic E-state index is 0.172. The molecule has 0 saturated heterocycles. The third-order valence-corrected chi connectivity index (χ3v) is 4.89. The van der Waals surface area contributed by atoms with Gasteiger partial charge in [-0.05, 0) is 42.3 Å². The van der Waals surface area contributed by atoms with Crippen molar-refractivity contribution in [2.75, 3.05) is 17.1 Å². The molecule has 1 amide bonds. The van der Waals surface area contributed by atoms with Gasteiger partial charge in [0.05, 0.1) is 11.9 Å². The van der Waals surface area contributed by atoms with E-state index in [0.717, 1.165) is 10.6 Å². The summed E-state index contributed by atoms with van der Waals surface area (Å²) < 4.78 is 38.1. The van der Waals surface area contributed by atoms with Gasteiger partial charge in [-0.2, -0.15) is 0 Å². The summed E-state index contributed by atoms with van der Waals surface area (Å²) in [6.07, 6.45) is 1.03. The first-order chi connectivity index (χ1) is 11.7. The van der Waals surface area contributed by atoms with Gasteiger partial charge in [0.2, 0.25) is 15.9 Å². The van der Waals surface area contributed by atoms with E-state index < -0.39 is 15.9 Å². The summed E-state index contributed by atoms with van der Waals surface area (Å²) in [6.45, 7) is 1.53. The first-order valence-electron chi connectivity index (χ1n) is 7.42. The number of carbonyl (C=O) groups excluding carboxylic acids is 1. The lowest BCUT2D eigenvalue weighted by Crippen LogP contribution is -2.40. The molecular formula is C17H18ClFN2O3S. The molecule has 0 radical (unpaired) electrons. The molecule has 8 heteroatoms. The maximum absolute atomic E-state index is 12.9.